The lowest BCUT2D eigenvalue weighted by Crippen LogP contribution is -2.15. The Hall–Kier alpha value is -2.94. The van der Waals surface area contributed by atoms with Crippen molar-refractivity contribution in [2.24, 2.45) is 0 Å². The molecule has 118 valence electrons. The van der Waals surface area contributed by atoms with Gasteiger partial charge in [-0.05, 0) is 49.1 Å². The molecule has 23 heavy (non-hydrogen) atoms. The molecule has 0 amide bonds. The lowest BCUT2D eigenvalue weighted by molar-refractivity contribution is 0.952. The maximum atomic E-state index is 9.50. The molecule has 6 nitrogen and oxygen atoms in total. The number of benzene rings is 1. The Morgan fingerprint density at radius 1 is 1.09 bits per heavy atom. The van der Waals surface area contributed by atoms with E-state index in [-0.39, 0.29) is 11.8 Å². The maximum Gasteiger partial charge on any atom is 0.230 e. The first kappa shape index (κ1) is 16.4. The molecule has 6 heteroatoms. The number of nitriles is 1. The molecule has 2 N–H and O–H groups in total. The predicted molar refractivity (Wildman–Crippen MR) is 92.7 cm³/mol. The van der Waals surface area contributed by atoms with Crippen LogP contribution in [0.1, 0.15) is 28.1 Å². The van der Waals surface area contributed by atoms with Crippen molar-refractivity contribution in [2.45, 2.75) is 20.8 Å². The second-order valence-electron chi connectivity index (χ2n) is 5.67. The van der Waals surface area contributed by atoms with Crippen molar-refractivity contribution in [1.29, 1.82) is 5.26 Å². The maximum absolute atomic E-state index is 9.50. The average molecular weight is 308 g/mol. The third-order valence-corrected chi connectivity index (χ3v) is 3.58. The van der Waals surface area contributed by atoms with Gasteiger partial charge in [0.05, 0.1) is 5.57 Å². The molecule has 2 rings (SSSR count). The fraction of sp³-hybridized carbons (Fsp3) is 0.294. The molecule has 1 aromatic carbocycles. The molecule has 0 saturated carbocycles. The zero-order chi connectivity index (χ0) is 17.1. The molecular weight excluding hydrogens is 288 g/mol. The summed E-state index contributed by atoms with van der Waals surface area (Å²) < 4.78 is 0. The van der Waals surface area contributed by atoms with Crippen LogP contribution in [-0.4, -0.2) is 29.0 Å². The van der Waals surface area contributed by atoms with Crippen LogP contribution in [0.25, 0.3) is 11.6 Å². The number of rotatable bonds is 3. The van der Waals surface area contributed by atoms with E-state index in [0.717, 1.165) is 11.1 Å². The third kappa shape index (κ3) is 3.64. The molecule has 1 aromatic heterocycles. The number of anilines is 2. The van der Waals surface area contributed by atoms with Crippen molar-refractivity contribution >= 4 is 23.5 Å². The lowest BCUT2D eigenvalue weighted by atomic mass is 9.99. The fourth-order valence-electron chi connectivity index (χ4n) is 2.14. The van der Waals surface area contributed by atoms with E-state index >= 15 is 0 Å². The van der Waals surface area contributed by atoms with Gasteiger partial charge in [0.1, 0.15) is 6.07 Å². The topological polar surface area (TPSA) is 91.7 Å². The first-order valence-electron chi connectivity index (χ1n) is 7.20. The SMILES string of the molecule is Cc1cc(C)c(/C=C(\C#N)c2nc(N)nc(N(C)C)n2)cc1C. The molecule has 0 radical (unpaired) electrons. The van der Waals surface area contributed by atoms with Gasteiger partial charge in [-0.2, -0.15) is 20.2 Å². The van der Waals surface area contributed by atoms with Gasteiger partial charge in [0, 0.05) is 14.1 Å². The van der Waals surface area contributed by atoms with Crippen molar-refractivity contribution in [1.82, 2.24) is 15.0 Å². The number of allylic oxidation sites excluding steroid dienone is 1. The van der Waals surface area contributed by atoms with E-state index in [9.17, 15) is 5.26 Å². The summed E-state index contributed by atoms with van der Waals surface area (Å²) in [7, 11) is 3.61. The van der Waals surface area contributed by atoms with Gasteiger partial charge in [0.2, 0.25) is 11.9 Å². The van der Waals surface area contributed by atoms with Gasteiger partial charge >= 0.3 is 0 Å². The van der Waals surface area contributed by atoms with Gasteiger partial charge in [0.15, 0.2) is 5.82 Å². The Morgan fingerprint density at radius 2 is 1.74 bits per heavy atom. The first-order valence-corrected chi connectivity index (χ1v) is 7.20. The largest absolute Gasteiger partial charge is 0.368 e. The minimum absolute atomic E-state index is 0.0941. The molecule has 0 aliphatic heterocycles. The van der Waals surface area contributed by atoms with E-state index in [1.165, 1.54) is 11.1 Å². The molecule has 0 aliphatic carbocycles. The molecule has 0 saturated heterocycles. The van der Waals surface area contributed by atoms with Gasteiger partial charge in [0.25, 0.3) is 0 Å². The Morgan fingerprint density at radius 3 is 2.35 bits per heavy atom. The number of nitrogen functional groups attached to an aromatic ring is 1. The van der Waals surface area contributed by atoms with Crippen molar-refractivity contribution in [3.05, 3.63) is 40.2 Å². The Bertz CT molecular complexity index is 815. The van der Waals surface area contributed by atoms with E-state index < -0.39 is 0 Å². The number of hydrogen-bond acceptors (Lipinski definition) is 6. The number of hydrogen-bond donors (Lipinski definition) is 1. The van der Waals surface area contributed by atoms with Crippen LogP contribution in [0, 0.1) is 32.1 Å². The van der Waals surface area contributed by atoms with Gasteiger partial charge in [-0.25, -0.2) is 0 Å². The molecule has 0 bridgehead atoms. The van der Waals surface area contributed by atoms with Crippen molar-refractivity contribution < 1.29 is 0 Å². The molecule has 1 heterocycles. The van der Waals surface area contributed by atoms with Crippen LogP contribution in [0.5, 0.6) is 0 Å². The van der Waals surface area contributed by atoms with Gasteiger partial charge in [-0.15, -0.1) is 0 Å². The van der Waals surface area contributed by atoms with Crippen LogP contribution in [0.2, 0.25) is 0 Å². The van der Waals surface area contributed by atoms with Crippen molar-refractivity contribution in [2.75, 3.05) is 24.7 Å². The van der Waals surface area contributed by atoms with Crippen LogP contribution in [-0.2, 0) is 0 Å². The summed E-state index contributed by atoms with van der Waals surface area (Å²) in [5, 5.41) is 9.50. The van der Waals surface area contributed by atoms with Gasteiger partial charge in [-0.1, -0.05) is 12.1 Å². The van der Waals surface area contributed by atoms with Crippen LogP contribution in [0.3, 0.4) is 0 Å². The van der Waals surface area contributed by atoms with Crippen LogP contribution < -0.4 is 10.6 Å². The van der Waals surface area contributed by atoms with E-state index in [1.807, 2.05) is 27.9 Å². The minimum atomic E-state index is 0.0941. The Kier molecular flexibility index (Phi) is 4.60. The normalized spacial score (nSPS) is 11.2. The van der Waals surface area contributed by atoms with E-state index in [4.69, 9.17) is 5.73 Å². The highest BCUT2D eigenvalue weighted by atomic mass is 15.3. The summed E-state index contributed by atoms with van der Waals surface area (Å²) in [5.41, 5.74) is 10.5. The van der Waals surface area contributed by atoms with Gasteiger partial charge in [-0.3, -0.25) is 0 Å². The number of nitrogens with zero attached hydrogens (tertiary/aromatic N) is 5. The van der Waals surface area contributed by atoms with Crippen LogP contribution in [0.15, 0.2) is 12.1 Å². The Balaban J connectivity index is 2.57. The monoisotopic (exact) mass is 308 g/mol. The number of aromatic nitrogens is 3. The van der Waals surface area contributed by atoms with E-state index in [2.05, 4.69) is 40.1 Å². The molecule has 0 atom stereocenters. The smallest absolute Gasteiger partial charge is 0.230 e. The second kappa shape index (κ2) is 6.44. The highest BCUT2D eigenvalue weighted by Gasteiger charge is 2.11. The van der Waals surface area contributed by atoms with Crippen LogP contribution >= 0.6 is 0 Å². The molecule has 0 fully saturated rings. The van der Waals surface area contributed by atoms with E-state index in [1.54, 1.807) is 11.0 Å². The summed E-state index contributed by atoms with van der Waals surface area (Å²) in [6.07, 6.45) is 1.79. The van der Waals surface area contributed by atoms with Gasteiger partial charge < -0.3 is 10.6 Å². The summed E-state index contributed by atoms with van der Waals surface area (Å²) in [6.45, 7) is 6.13. The number of aryl methyl sites for hydroxylation is 3. The van der Waals surface area contributed by atoms with E-state index in [0.29, 0.717) is 11.5 Å². The Labute approximate surface area is 136 Å². The zero-order valence-corrected chi connectivity index (χ0v) is 14.0. The minimum Gasteiger partial charge on any atom is -0.368 e. The summed E-state index contributed by atoms with van der Waals surface area (Å²) in [4.78, 5) is 14.2. The molecular formula is C17H20N6. The first-order chi connectivity index (χ1) is 10.8. The quantitative estimate of drug-likeness (QED) is 0.876. The average Bonchev–Trinajstić information content (AvgIpc) is 2.48. The second-order valence-corrected chi connectivity index (χ2v) is 5.67. The van der Waals surface area contributed by atoms with Crippen molar-refractivity contribution in [3.8, 4) is 6.07 Å². The third-order valence-electron chi connectivity index (χ3n) is 3.58. The fourth-order valence-corrected chi connectivity index (χ4v) is 2.14. The molecule has 0 spiro atoms. The standard InChI is InChI=1S/C17H20N6/c1-10-6-12(3)13(7-11(10)2)8-14(9-18)15-20-16(19)22-17(21-15)23(4)5/h6-8H,1-5H3,(H2,19,20,21,22)/b14-8+. The molecule has 0 unspecified atom stereocenters. The molecule has 0 aliphatic rings. The summed E-state index contributed by atoms with van der Waals surface area (Å²) in [5.74, 6) is 0.795. The molecule has 2 aromatic rings. The lowest BCUT2D eigenvalue weighted by Gasteiger charge is -2.11. The highest BCUT2D eigenvalue weighted by molar-refractivity contribution is 5.88. The summed E-state index contributed by atoms with van der Waals surface area (Å²) in [6, 6.07) is 6.31. The predicted octanol–water partition coefficient (Wildman–Crippen LogP) is 2.51. The summed E-state index contributed by atoms with van der Waals surface area (Å²) >= 11 is 0. The van der Waals surface area contributed by atoms with Crippen molar-refractivity contribution in [3.63, 3.8) is 0 Å². The highest BCUT2D eigenvalue weighted by Crippen LogP contribution is 2.21. The zero-order valence-electron chi connectivity index (χ0n) is 14.0. The number of nitrogens with two attached hydrogens (primary N) is 1. The van der Waals surface area contributed by atoms with Crippen LogP contribution in [0.4, 0.5) is 11.9 Å².